The van der Waals surface area contributed by atoms with Crippen molar-refractivity contribution in [3.63, 3.8) is 0 Å². The van der Waals surface area contributed by atoms with E-state index < -0.39 is 88.2 Å². The highest BCUT2D eigenvalue weighted by Crippen LogP contribution is 2.45. The van der Waals surface area contributed by atoms with E-state index in [1.165, 1.54) is 13.8 Å². The highest BCUT2D eigenvalue weighted by molar-refractivity contribution is 7.91. The summed E-state index contributed by atoms with van der Waals surface area (Å²) in [6.45, 7) is 8.76. The first-order valence-electron chi connectivity index (χ1n) is 18.8. The van der Waals surface area contributed by atoms with E-state index in [0.29, 0.717) is 32.2 Å². The van der Waals surface area contributed by atoms with Crippen molar-refractivity contribution in [2.75, 3.05) is 32.1 Å². The van der Waals surface area contributed by atoms with Crippen molar-refractivity contribution in [1.29, 1.82) is 0 Å². The number of benzene rings is 2. The Kier molecular flexibility index (Phi) is 11.9. The molecule has 0 aromatic heterocycles. The van der Waals surface area contributed by atoms with Gasteiger partial charge in [0.15, 0.2) is 19.7 Å². The van der Waals surface area contributed by atoms with Crippen LogP contribution in [0, 0.1) is 5.92 Å². The molecule has 0 bridgehead atoms. The molecule has 0 saturated heterocycles. The van der Waals surface area contributed by atoms with Crippen LogP contribution >= 0.6 is 0 Å². The summed E-state index contributed by atoms with van der Waals surface area (Å²) >= 11 is 0. The quantitative estimate of drug-likeness (QED) is 0.199. The van der Waals surface area contributed by atoms with E-state index in [2.05, 4.69) is 12.2 Å². The average Bonchev–Trinajstić information content (AvgIpc) is 3.11. The predicted octanol–water partition coefficient (Wildman–Crippen LogP) is 4.60. The normalized spacial score (nSPS) is 19.9. The third-order valence-corrected chi connectivity index (χ3v) is 14.4. The lowest BCUT2D eigenvalue weighted by atomic mass is 9.82. The van der Waals surface area contributed by atoms with Gasteiger partial charge < -0.3 is 10.2 Å². The van der Waals surface area contributed by atoms with Gasteiger partial charge in [-0.2, -0.15) is 0 Å². The number of nitrogens with one attached hydrogen (secondary N) is 1. The van der Waals surface area contributed by atoms with Gasteiger partial charge in [0.2, 0.25) is 5.91 Å². The molecule has 53 heavy (non-hydrogen) atoms. The van der Waals surface area contributed by atoms with E-state index in [0.717, 1.165) is 47.6 Å². The third kappa shape index (κ3) is 7.16. The zero-order valence-electron chi connectivity index (χ0n) is 31.8. The zero-order valence-corrected chi connectivity index (χ0v) is 33.4. The molecule has 0 spiro atoms. The van der Waals surface area contributed by atoms with Gasteiger partial charge in [0, 0.05) is 23.4 Å². The van der Waals surface area contributed by atoms with Crippen LogP contribution in [-0.2, 0) is 24.5 Å². The van der Waals surface area contributed by atoms with Crippen LogP contribution in [-0.4, -0.2) is 111 Å². The minimum absolute atomic E-state index is 0.0449. The van der Waals surface area contributed by atoms with Crippen molar-refractivity contribution in [3.05, 3.63) is 34.4 Å². The van der Waals surface area contributed by atoms with Gasteiger partial charge in [-0.3, -0.25) is 33.8 Å². The van der Waals surface area contributed by atoms with Gasteiger partial charge >= 0.3 is 0 Å². The SMILES string of the molecule is CCCCCCNC(=O)C(CC(C)C)N1C(=O)c2cc(S(=O)(=O)CC)c3c4c(cc(S(=O)(=O)CC)c(c24)C1=O)C(=O)N(C1CCCCC1N(C)C)C3=O. The molecule has 2 aliphatic heterocycles. The van der Waals surface area contributed by atoms with E-state index in [4.69, 9.17) is 0 Å². The summed E-state index contributed by atoms with van der Waals surface area (Å²) < 4.78 is 55.6. The van der Waals surface area contributed by atoms with Gasteiger partial charge in [-0.25, -0.2) is 16.8 Å². The van der Waals surface area contributed by atoms with Gasteiger partial charge in [0.25, 0.3) is 23.6 Å². The molecular weight excluding hydrogens is 721 g/mol. The Morgan fingerprint density at radius 2 is 1.34 bits per heavy atom. The van der Waals surface area contributed by atoms with Crippen LogP contribution in [0.5, 0.6) is 0 Å². The summed E-state index contributed by atoms with van der Waals surface area (Å²) in [4.78, 5) is 75.3. The van der Waals surface area contributed by atoms with Crippen molar-refractivity contribution >= 4 is 60.0 Å². The molecule has 2 aromatic carbocycles. The zero-order chi connectivity index (χ0) is 39.2. The number of hydrogen-bond acceptors (Lipinski definition) is 10. The van der Waals surface area contributed by atoms with E-state index >= 15 is 0 Å². The van der Waals surface area contributed by atoms with Crippen LogP contribution in [0.15, 0.2) is 21.9 Å². The number of rotatable bonds is 15. The Morgan fingerprint density at radius 1 is 0.792 bits per heavy atom. The van der Waals surface area contributed by atoms with Gasteiger partial charge in [-0.05, 0) is 57.8 Å². The van der Waals surface area contributed by atoms with Crippen LogP contribution in [0.2, 0.25) is 0 Å². The van der Waals surface area contributed by atoms with Crippen molar-refractivity contribution in [2.24, 2.45) is 5.92 Å². The van der Waals surface area contributed by atoms with Crippen molar-refractivity contribution in [1.82, 2.24) is 20.0 Å². The molecule has 0 radical (unpaired) electrons. The molecular formula is C38H52N4O9S2. The number of amides is 5. The maximum atomic E-state index is 14.8. The van der Waals surface area contributed by atoms with Crippen molar-refractivity contribution in [2.45, 2.75) is 120 Å². The second-order valence-corrected chi connectivity index (χ2v) is 19.5. The first kappa shape index (κ1) is 40.5. The Bertz CT molecular complexity index is 2080. The van der Waals surface area contributed by atoms with Gasteiger partial charge in [-0.15, -0.1) is 0 Å². The molecule has 290 valence electrons. The first-order valence-corrected chi connectivity index (χ1v) is 22.1. The van der Waals surface area contributed by atoms with Gasteiger partial charge in [0.1, 0.15) is 6.04 Å². The summed E-state index contributed by atoms with van der Waals surface area (Å²) in [6.07, 6.45) is 6.24. The molecule has 1 N–H and O–H groups in total. The van der Waals surface area contributed by atoms with Crippen molar-refractivity contribution in [3.8, 4) is 0 Å². The van der Waals surface area contributed by atoms with E-state index in [1.807, 2.05) is 32.8 Å². The summed E-state index contributed by atoms with van der Waals surface area (Å²) in [6, 6.07) is -0.136. The molecule has 1 saturated carbocycles. The second-order valence-electron chi connectivity index (χ2n) is 15.0. The highest BCUT2D eigenvalue weighted by Gasteiger charge is 2.50. The van der Waals surface area contributed by atoms with Gasteiger partial charge in [0.05, 0.1) is 49.6 Å². The highest BCUT2D eigenvalue weighted by atomic mass is 32.2. The number of nitrogens with zero attached hydrogens (tertiary/aromatic N) is 3. The van der Waals surface area contributed by atoms with E-state index in [1.54, 1.807) is 0 Å². The Hall–Kier alpha value is -3.69. The molecule has 5 amide bonds. The van der Waals surface area contributed by atoms with Crippen molar-refractivity contribution < 1.29 is 40.8 Å². The van der Waals surface area contributed by atoms with Crippen LogP contribution in [0.1, 0.15) is 134 Å². The lowest BCUT2D eigenvalue weighted by Crippen LogP contribution is -2.57. The summed E-state index contributed by atoms with van der Waals surface area (Å²) in [5.41, 5.74) is -1.44. The molecule has 15 heteroatoms. The van der Waals surface area contributed by atoms with Gasteiger partial charge in [-0.1, -0.05) is 66.7 Å². The molecule has 3 atom stereocenters. The first-order chi connectivity index (χ1) is 24.9. The number of hydrogen-bond donors (Lipinski definition) is 1. The molecule has 5 rings (SSSR count). The largest absolute Gasteiger partial charge is 0.354 e. The number of carbonyl (C=O) groups is 5. The van der Waals surface area contributed by atoms with Crippen LogP contribution in [0.4, 0.5) is 0 Å². The fourth-order valence-corrected chi connectivity index (χ4v) is 10.3. The molecule has 2 aromatic rings. The number of carbonyl (C=O) groups excluding carboxylic acids is 5. The molecule has 13 nitrogen and oxygen atoms in total. The molecule has 1 aliphatic carbocycles. The topological polar surface area (TPSA) is 175 Å². The predicted molar refractivity (Wildman–Crippen MR) is 201 cm³/mol. The number of likely N-dealkylation sites (N-methyl/N-ethyl adjacent to an activating group) is 1. The molecule has 3 unspecified atom stereocenters. The maximum absolute atomic E-state index is 14.8. The second kappa shape index (κ2) is 15.6. The van der Waals surface area contributed by atoms with Crippen LogP contribution < -0.4 is 5.32 Å². The number of imide groups is 2. The fourth-order valence-electron chi connectivity index (χ4n) is 8.07. The van der Waals surface area contributed by atoms with Crippen LogP contribution in [0.3, 0.4) is 0 Å². The molecule has 2 heterocycles. The Balaban J connectivity index is 1.83. The molecule has 1 fully saturated rings. The maximum Gasteiger partial charge on any atom is 0.263 e. The Morgan fingerprint density at radius 3 is 1.87 bits per heavy atom. The fraction of sp³-hybridized carbons (Fsp3) is 0.605. The summed E-state index contributed by atoms with van der Waals surface area (Å²) in [5, 5.41) is 2.34. The lowest BCUT2D eigenvalue weighted by molar-refractivity contribution is -0.125. The summed E-state index contributed by atoms with van der Waals surface area (Å²) in [7, 11) is -4.89. The molecule has 3 aliphatic rings. The smallest absolute Gasteiger partial charge is 0.263 e. The minimum atomic E-state index is -4.29. The summed E-state index contributed by atoms with van der Waals surface area (Å²) in [5.74, 6) is -5.47. The van der Waals surface area contributed by atoms with E-state index in [9.17, 15) is 40.8 Å². The monoisotopic (exact) mass is 772 g/mol. The average molecular weight is 773 g/mol. The standard InChI is InChI=1S/C38H52N4O9S2/c1-8-11-12-15-18-39-34(43)27(19-22(4)5)42-36(45)24-21-28(52(48,49)9-2)32-30-23(20-29(53(50,51)10-3)33(31(24)30)38(42)47)35(44)41(37(32)46)26-17-14-13-16-25(26)40(6)7/h20-22,25-27H,8-19H2,1-7H3,(H,39,43). The third-order valence-electron chi connectivity index (χ3n) is 10.9. The Labute approximate surface area is 312 Å². The van der Waals surface area contributed by atoms with E-state index in [-0.39, 0.29) is 45.8 Å². The van der Waals surface area contributed by atoms with Crippen LogP contribution in [0.25, 0.3) is 10.8 Å². The number of sulfone groups is 2. The minimum Gasteiger partial charge on any atom is -0.354 e. The lowest BCUT2D eigenvalue weighted by Gasteiger charge is -2.44. The number of unbranched alkanes of at least 4 members (excludes halogenated alkanes) is 3.